The normalized spacial score (nSPS) is 38.6. The first kappa shape index (κ1) is 5.06. The molecule has 1 rings (SSSR count). The van der Waals surface area contributed by atoms with Crippen LogP contribution in [-0.2, 0) is 4.84 Å². The van der Waals surface area contributed by atoms with Crippen LogP contribution in [0.2, 0.25) is 0 Å². The van der Waals surface area contributed by atoms with Gasteiger partial charge >= 0.3 is 0 Å². The molecule has 7 heavy (non-hydrogen) atoms. The molecule has 0 aromatic heterocycles. The summed E-state index contributed by atoms with van der Waals surface area (Å²) in [7, 11) is 1.96. The van der Waals surface area contributed by atoms with Crippen molar-refractivity contribution in [3.8, 4) is 0 Å². The van der Waals surface area contributed by atoms with Crippen LogP contribution in [-0.4, -0.2) is 18.3 Å². The molecule has 2 heteroatoms. The van der Waals surface area contributed by atoms with Crippen LogP contribution in [0.15, 0.2) is 0 Å². The highest BCUT2D eigenvalue weighted by atomic mass is 16.8. The second-order valence-electron chi connectivity index (χ2n) is 1.89. The molecule has 0 aromatic carbocycles. The number of hydroxylamine groups is 2. The Balaban J connectivity index is 1.98. The van der Waals surface area contributed by atoms with Crippen LogP contribution in [0.3, 0.4) is 0 Å². The fourth-order valence-corrected chi connectivity index (χ4v) is 0.646. The van der Waals surface area contributed by atoms with Gasteiger partial charge in [-0.15, -0.1) is 0 Å². The summed E-state index contributed by atoms with van der Waals surface area (Å²) >= 11 is 0. The third-order valence-corrected chi connectivity index (χ3v) is 1.18. The highest BCUT2D eigenvalue weighted by molar-refractivity contribution is 4.58. The number of rotatable bonds is 2. The predicted molar refractivity (Wildman–Crippen MR) is 27.5 cm³/mol. The summed E-state index contributed by atoms with van der Waals surface area (Å²) in [5.74, 6) is 0. The molecule has 0 aromatic rings. The Labute approximate surface area is 44.0 Å². The van der Waals surface area contributed by atoms with Crippen molar-refractivity contribution in [3.05, 3.63) is 0 Å². The molecule has 0 saturated carbocycles. The summed E-state index contributed by atoms with van der Waals surface area (Å²) in [5.41, 5.74) is 0. The van der Waals surface area contributed by atoms with Gasteiger partial charge in [-0.1, -0.05) is 13.3 Å². The maximum atomic E-state index is 4.99. The molecule has 1 aliphatic rings. The van der Waals surface area contributed by atoms with Crippen molar-refractivity contribution in [2.45, 2.75) is 26.0 Å². The van der Waals surface area contributed by atoms with Gasteiger partial charge in [0.05, 0.1) is 0 Å². The summed E-state index contributed by atoms with van der Waals surface area (Å²) in [5, 5.41) is 1.88. The molecule has 2 atom stereocenters. The lowest BCUT2D eigenvalue weighted by atomic mass is 10.3. The summed E-state index contributed by atoms with van der Waals surface area (Å²) in [6.07, 6.45) is 2.84. The van der Waals surface area contributed by atoms with Gasteiger partial charge in [0.2, 0.25) is 0 Å². The second-order valence-corrected chi connectivity index (χ2v) is 1.89. The molecular formula is C5H11NO. The first-order valence-electron chi connectivity index (χ1n) is 2.74. The summed E-state index contributed by atoms with van der Waals surface area (Å²) in [4.78, 5) is 4.99. The lowest BCUT2D eigenvalue weighted by molar-refractivity contribution is 0.232. The van der Waals surface area contributed by atoms with Gasteiger partial charge in [-0.05, 0) is 6.42 Å². The van der Waals surface area contributed by atoms with Crippen molar-refractivity contribution in [1.82, 2.24) is 5.06 Å². The van der Waals surface area contributed by atoms with Crippen LogP contribution in [0.25, 0.3) is 0 Å². The van der Waals surface area contributed by atoms with Crippen LogP contribution in [0, 0.1) is 0 Å². The van der Waals surface area contributed by atoms with Crippen molar-refractivity contribution >= 4 is 0 Å². The van der Waals surface area contributed by atoms with E-state index < -0.39 is 0 Å². The van der Waals surface area contributed by atoms with Gasteiger partial charge in [0, 0.05) is 7.05 Å². The third-order valence-electron chi connectivity index (χ3n) is 1.18. The van der Waals surface area contributed by atoms with E-state index in [0.29, 0.717) is 6.23 Å². The zero-order chi connectivity index (χ0) is 5.28. The third kappa shape index (κ3) is 1.14. The van der Waals surface area contributed by atoms with Crippen molar-refractivity contribution in [2.75, 3.05) is 7.05 Å². The Morgan fingerprint density at radius 3 is 2.43 bits per heavy atom. The molecule has 0 N–H and O–H groups in total. The predicted octanol–water partition coefficient (Wildman–Crippen LogP) is 0.990. The van der Waals surface area contributed by atoms with Crippen LogP contribution in [0.1, 0.15) is 19.8 Å². The van der Waals surface area contributed by atoms with E-state index in [2.05, 4.69) is 6.92 Å². The van der Waals surface area contributed by atoms with Crippen LogP contribution >= 0.6 is 0 Å². The SMILES string of the molecule is CCCC1ON1C. The fourth-order valence-electron chi connectivity index (χ4n) is 0.646. The highest BCUT2D eigenvalue weighted by Gasteiger charge is 2.30. The molecule has 0 bridgehead atoms. The van der Waals surface area contributed by atoms with Gasteiger partial charge in [-0.25, -0.2) is 0 Å². The Morgan fingerprint density at radius 1 is 1.71 bits per heavy atom. The van der Waals surface area contributed by atoms with Gasteiger partial charge in [0.1, 0.15) is 0 Å². The van der Waals surface area contributed by atoms with Crippen molar-refractivity contribution in [1.29, 1.82) is 0 Å². The topological polar surface area (TPSA) is 15.5 Å². The van der Waals surface area contributed by atoms with Gasteiger partial charge in [0.25, 0.3) is 0 Å². The van der Waals surface area contributed by atoms with E-state index in [1.807, 2.05) is 12.1 Å². The van der Waals surface area contributed by atoms with Crippen molar-refractivity contribution in [3.63, 3.8) is 0 Å². The molecule has 1 fully saturated rings. The lowest BCUT2D eigenvalue weighted by Gasteiger charge is -1.81. The van der Waals surface area contributed by atoms with Crippen molar-refractivity contribution < 1.29 is 4.84 Å². The largest absolute Gasteiger partial charge is 0.275 e. The van der Waals surface area contributed by atoms with E-state index in [0.717, 1.165) is 0 Å². The highest BCUT2D eigenvalue weighted by Crippen LogP contribution is 2.20. The standard InChI is InChI=1S/C5H11NO/c1-3-4-5-6(2)7-5/h5H,3-4H2,1-2H3. The minimum atomic E-state index is 0.449. The molecule has 0 spiro atoms. The number of nitrogens with zero attached hydrogens (tertiary/aromatic N) is 1. The number of hydrogen-bond acceptors (Lipinski definition) is 2. The average molecular weight is 101 g/mol. The van der Waals surface area contributed by atoms with Gasteiger partial charge in [-0.3, -0.25) is 4.84 Å². The molecule has 42 valence electrons. The summed E-state index contributed by atoms with van der Waals surface area (Å²) < 4.78 is 0. The van der Waals surface area contributed by atoms with Crippen LogP contribution in [0.5, 0.6) is 0 Å². The monoisotopic (exact) mass is 101 g/mol. The zero-order valence-corrected chi connectivity index (χ0v) is 4.85. The van der Waals surface area contributed by atoms with Crippen LogP contribution < -0.4 is 0 Å². The minimum absolute atomic E-state index is 0.449. The first-order chi connectivity index (χ1) is 3.34. The summed E-state index contributed by atoms with van der Waals surface area (Å²) in [6, 6.07) is 0. The Kier molecular flexibility index (Phi) is 1.30. The van der Waals surface area contributed by atoms with E-state index >= 15 is 0 Å². The average Bonchev–Trinajstić information content (AvgIpc) is 2.22. The first-order valence-corrected chi connectivity index (χ1v) is 2.74. The van der Waals surface area contributed by atoms with Gasteiger partial charge < -0.3 is 0 Å². The zero-order valence-electron chi connectivity index (χ0n) is 4.85. The van der Waals surface area contributed by atoms with E-state index in [1.165, 1.54) is 12.8 Å². The summed E-state index contributed by atoms with van der Waals surface area (Å²) in [6.45, 7) is 2.16. The van der Waals surface area contributed by atoms with E-state index in [-0.39, 0.29) is 0 Å². The molecule has 1 saturated heterocycles. The van der Waals surface area contributed by atoms with Crippen LogP contribution in [0.4, 0.5) is 0 Å². The maximum absolute atomic E-state index is 4.99. The molecule has 2 unspecified atom stereocenters. The molecule has 2 nitrogen and oxygen atoms in total. The molecule has 1 heterocycles. The maximum Gasteiger partial charge on any atom is 0.154 e. The molecular weight excluding hydrogens is 90.1 g/mol. The molecule has 0 radical (unpaired) electrons. The quantitative estimate of drug-likeness (QED) is 0.482. The smallest absolute Gasteiger partial charge is 0.154 e. The Hall–Kier alpha value is -0.0800. The fraction of sp³-hybridized carbons (Fsp3) is 1.00. The molecule has 0 aliphatic carbocycles. The minimum Gasteiger partial charge on any atom is -0.275 e. The van der Waals surface area contributed by atoms with E-state index in [4.69, 9.17) is 4.84 Å². The molecule has 0 amide bonds. The van der Waals surface area contributed by atoms with E-state index in [1.54, 1.807) is 0 Å². The van der Waals surface area contributed by atoms with Crippen molar-refractivity contribution in [2.24, 2.45) is 0 Å². The number of hydrogen-bond donors (Lipinski definition) is 0. The molecule has 1 aliphatic heterocycles. The Bertz CT molecular complexity index is 65.1. The van der Waals surface area contributed by atoms with E-state index in [9.17, 15) is 0 Å². The second kappa shape index (κ2) is 1.80. The lowest BCUT2D eigenvalue weighted by Crippen LogP contribution is -1.91. The Morgan fingerprint density at radius 2 is 2.29 bits per heavy atom. The van der Waals surface area contributed by atoms with Gasteiger partial charge in [-0.2, -0.15) is 5.06 Å². The van der Waals surface area contributed by atoms with Gasteiger partial charge in [0.15, 0.2) is 6.23 Å².